The minimum absolute atomic E-state index is 0.0473. The van der Waals surface area contributed by atoms with Crippen LogP contribution < -0.4 is 22.9 Å². The van der Waals surface area contributed by atoms with E-state index in [-0.39, 0.29) is 11.8 Å². The molecule has 6 aliphatic rings. The van der Waals surface area contributed by atoms with Gasteiger partial charge in [0.25, 0.3) is 0 Å². The lowest BCUT2D eigenvalue weighted by Crippen LogP contribution is -2.46. The number of amides is 1. The third-order valence-corrected chi connectivity index (χ3v) is 26.7. The van der Waals surface area contributed by atoms with E-state index in [1.165, 1.54) is 123 Å². The van der Waals surface area contributed by atoms with Gasteiger partial charge in [0.1, 0.15) is 68.6 Å². The number of nitrogens with zero attached hydrogens (tertiary/aromatic N) is 16. The Balaban J connectivity index is 0.000000119. The van der Waals surface area contributed by atoms with Gasteiger partial charge in [-0.2, -0.15) is 0 Å². The first-order chi connectivity index (χ1) is 58.4. The van der Waals surface area contributed by atoms with Gasteiger partial charge in [-0.1, -0.05) is 146 Å². The molecule has 9 aromatic heterocycles. The van der Waals surface area contributed by atoms with Gasteiger partial charge < -0.3 is 42.5 Å². The number of imidazole rings is 3. The van der Waals surface area contributed by atoms with E-state index in [0.29, 0.717) is 41.1 Å². The van der Waals surface area contributed by atoms with Crippen molar-refractivity contribution in [1.82, 2.24) is 77.7 Å². The number of likely N-dealkylation sites (N-methyl/N-ethyl adjacent to an activating group) is 1. The average Bonchev–Trinajstić information content (AvgIpc) is 1.62. The number of carbonyl (C=O) groups is 1. The number of carbonyl (C=O) groups excluding carboxylic acids is 1. The van der Waals surface area contributed by atoms with Crippen LogP contribution in [0.1, 0.15) is 132 Å². The summed E-state index contributed by atoms with van der Waals surface area (Å²) in [5.41, 5.74) is 42.4. The van der Waals surface area contributed by atoms with Crippen LogP contribution in [0.15, 0.2) is 219 Å². The van der Waals surface area contributed by atoms with Gasteiger partial charge in [0.05, 0.1) is 33.6 Å². The van der Waals surface area contributed by atoms with Crippen LogP contribution in [0.5, 0.6) is 0 Å². The minimum Gasteiger partial charge on any atom is -0.382 e. The quantitative estimate of drug-likeness (QED) is 0.0700. The second-order valence-electron chi connectivity index (χ2n) is 34.3. The topological polar surface area (TPSA) is 263 Å². The Kier molecular flexibility index (Phi) is 22.2. The summed E-state index contributed by atoms with van der Waals surface area (Å²) in [6.07, 6.45) is 28.8. The molecule has 1 amide bonds. The summed E-state index contributed by atoms with van der Waals surface area (Å²) in [5, 5.41) is 3.31. The number of piperazine rings is 1. The summed E-state index contributed by atoms with van der Waals surface area (Å²) >= 11 is 0. The van der Waals surface area contributed by atoms with E-state index in [1.807, 2.05) is 73.2 Å². The van der Waals surface area contributed by atoms with E-state index >= 15 is 0 Å². The Bertz CT molecular complexity index is 6100. The Morgan fingerprint density at radius 1 is 0.345 bits per heavy atom. The third kappa shape index (κ3) is 16.5. The highest BCUT2D eigenvalue weighted by Crippen LogP contribution is 2.44. The van der Waals surface area contributed by atoms with Crippen molar-refractivity contribution in [3.63, 3.8) is 0 Å². The lowest BCUT2D eigenvalue weighted by molar-refractivity contribution is -0.123. The molecular formula is C98H106N20O. The number of benzene rings is 6. The number of likely N-dealkylation sites (tertiary alicyclic amines) is 2. The van der Waals surface area contributed by atoms with Gasteiger partial charge in [-0.05, 0) is 184 Å². The fourth-order valence-electron chi connectivity index (χ4n) is 19.7. The van der Waals surface area contributed by atoms with Gasteiger partial charge in [-0.25, -0.2) is 44.9 Å². The molecule has 21 heteroatoms. The molecule has 0 radical (unpaired) electrons. The normalized spacial score (nSPS) is 20.5. The second-order valence-corrected chi connectivity index (χ2v) is 34.3. The molecule has 3 saturated carbocycles. The predicted octanol–water partition coefficient (Wildman–Crippen LogP) is 17.6. The van der Waals surface area contributed by atoms with Gasteiger partial charge in [0.2, 0.25) is 5.91 Å². The highest BCUT2D eigenvalue weighted by molar-refractivity contribution is 5.95. The monoisotopic (exact) mass is 1580 g/mol. The fraction of sp³-hybridized carbons (Fsp3) is 0.347. The zero-order valence-corrected chi connectivity index (χ0v) is 68.1. The Labute approximate surface area is 695 Å². The molecule has 3 aliphatic carbocycles. The number of hydrogen-bond acceptors (Lipinski definition) is 17. The molecule has 0 bridgehead atoms. The molecule has 6 fully saturated rings. The summed E-state index contributed by atoms with van der Waals surface area (Å²) in [6, 6.07) is 62.7. The largest absolute Gasteiger partial charge is 0.382 e. The molecule has 604 valence electrons. The van der Waals surface area contributed by atoms with Gasteiger partial charge in [0, 0.05) is 156 Å². The van der Waals surface area contributed by atoms with Crippen molar-refractivity contribution in [3.8, 4) is 67.5 Å². The molecule has 12 heterocycles. The highest BCUT2D eigenvalue weighted by Gasteiger charge is 2.34. The van der Waals surface area contributed by atoms with E-state index in [0.717, 1.165) is 191 Å². The Morgan fingerprint density at radius 2 is 0.655 bits per heavy atom. The molecule has 6 aromatic carbocycles. The molecule has 8 N–H and O–H groups in total. The zero-order chi connectivity index (χ0) is 80.5. The van der Waals surface area contributed by atoms with Crippen LogP contribution in [0.4, 0.5) is 17.5 Å². The molecule has 21 nitrogen and oxygen atoms in total. The fourth-order valence-corrected chi connectivity index (χ4v) is 19.7. The zero-order valence-electron chi connectivity index (χ0n) is 68.1. The van der Waals surface area contributed by atoms with E-state index in [4.69, 9.17) is 52.8 Å². The van der Waals surface area contributed by atoms with Crippen LogP contribution in [-0.4, -0.2) is 163 Å². The number of fused-ring (bicyclic) bond motifs is 6. The summed E-state index contributed by atoms with van der Waals surface area (Å²) in [4.78, 5) is 65.8. The van der Waals surface area contributed by atoms with Crippen molar-refractivity contribution in [2.75, 3.05) is 96.2 Å². The standard InChI is InChI=1S/C34H37N7O.C33H37N7.C31H32N6/c35-32-31-30(27-11-10-24-12-13-28(38-29(24)20-27)23-4-2-1-3-5-23)39-34(41(31)19-16-37-32)26-8-6-22(7-9-26)21-40-17-14-25(15-18-40)33(36)42;1-38-17-19-39(20-18-38)22-23-7-9-26(10-8-23)33-37-30(31-32(34)35-15-16-40(31)33)27-12-11-25-13-14-28(36-29(25)21-27)24-5-3-2-4-6-24;32-30-29-28(25-12-11-23-13-14-26(34-27(23)19-25)22-5-2-1-3-6-22)35-31(37(29)18-15-33-30)24-9-7-21(8-10-24)20-36-16-4-17-36/h1-5,10-13,16,19-20,22,25-26H,6-9,14-15,17-18,21H2,(H2,35,37)(H2,36,42);2-6,11-16,21,23,26H,7-10,17-20,22H2,1H3,(H2,34,35);1-3,5-6,11-15,18-19,21,24H,4,7-10,16-17,20H2,(H2,32,33). The number of nitrogen functional groups attached to an aromatic ring is 3. The lowest BCUT2D eigenvalue weighted by atomic mass is 9.81. The van der Waals surface area contributed by atoms with E-state index in [9.17, 15) is 4.79 Å². The van der Waals surface area contributed by atoms with Crippen molar-refractivity contribution in [2.45, 2.75) is 114 Å². The molecule has 0 atom stereocenters. The first kappa shape index (κ1) is 77.1. The number of nitrogens with two attached hydrogens (primary N) is 4. The number of pyridine rings is 3. The Hall–Kier alpha value is -11.9. The van der Waals surface area contributed by atoms with Crippen LogP contribution in [0.2, 0.25) is 0 Å². The molecule has 0 unspecified atom stereocenters. The SMILES string of the molecule is CN1CCN(CC2CCC(c3nc(-c4ccc5ccc(-c6ccccc6)nc5c4)c4c(N)nccn34)CC2)CC1.NC(=O)C1CCN(CC2CCC(c3nc(-c4ccc5ccc(-c6ccccc6)nc5c4)c4c(N)nccn34)CC2)CC1.Nc1nccn2c(C3CCC(CN4CCC4)CC3)nc(-c3ccc4ccc(-c5ccccc5)nc4c3)c12. The summed E-state index contributed by atoms with van der Waals surface area (Å²) < 4.78 is 6.55. The minimum atomic E-state index is -0.144. The third-order valence-electron chi connectivity index (χ3n) is 26.7. The van der Waals surface area contributed by atoms with Gasteiger partial charge >= 0.3 is 0 Å². The molecule has 3 saturated heterocycles. The van der Waals surface area contributed by atoms with Crippen molar-refractivity contribution >= 4 is 72.6 Å². The molecule has 0 spiro atoms. The number of piperidine rings is 1. The predicted molar refractivity (Wildman–Crippen MR) is 478 cm³/mol. The van der Waals surface area contributed by atoms with Crippen molar-refractivity contribution < 1.29 is 4.79 Å². The second kappa shape index (κ2) is 34.2. The number of hydrogen-bond donors (Lipinski definition) is 4. The van der Waals surface area contributed by atoms with Crippen LogP contribution in [0, 0.1) is 23.7 Å². The first-order valence-electron chi connectivity index (χ1n) is 43.3. The number of aromatic nitrogens is 12. The van der Waals surface area contributed by atoms with Crippen LogP contribution in [-0.2, 0) is 4.79 Å². The number of primary amides is 1. The van der Waals surface area contributed by atoms with Crippen LogP contribution >= 0.6 is 0 Å². The van der Waals surface area contributed by atoms with Gasteiger partial charge in [0.15, 0.2) is 0 Å². The van der Waals surface area contributed by atoms with Crippen molar-refractivity contribution in [2.24, 2.45) is 29.4 Å². The van der Waals surface area contributed by atoms with E-state index < -0.39 is 0 Å². The molecule has 21 rings (SSSR count). The summed E-state index contributed by atoms with van der Waals surface area (Å²) in [5.74, 6) is 8.25. The maximum absolute atomic E-state index is 11.5. The van der Waals surface area contributed by atoms with E-state index in [2.05, 4.69) is 182 Å². The van der Waals surface area contributed by atoms with Crippen LogP contribution in [0.25, 0.3) is 117 Å². The van der Waals surface area contributed by atoms with Crippen molar-refractivity contribution in [3.05, 3.63) is 237 Å². The Morgan fingerprint density at radius 3 is 0.966 bits per heavy atom. The molecule has 3 aliphatic heterocycles. The van der Waals surface area contributed by atoms with E-state index in [1.54, 1.807) is 18.6 Å². The first-order valence-corrected chi connectivity index (χ1v) is 43.3. The molecule has 15 aromatic rings. The van der Waals surface area contributed by atoms with Crippen molar-refractivity contribution in [1.29, 1.82) is 0 Å². The highest BCUT2D eigenvalue weighted by atomic mass is 16.1. The number of anilines is 3. The summed E-state index contributed by atoms with van der Waals surface area (Å²) in [6.45, 7) is 12.9. The summed E-state index contributed by atoms with van der Waals surface area (Å²) in [7, 11) is 2.23. The molecular weight excluding hydrogens is 1470 g/mol. The van der Waals surface area contributed by atoms with Gasteiger partial charge in [-0.15, -0.1) is 0 Å². The maximum atomic E-state index is 11.5. The van der Waals surface area contributed by atoms with Crippen LogP contribution in [0.3, 0.4) is 0 Å². The van der Waals surface area contributed by atoms with Gasteiger partial charge in [-0.3, -0.25) is 18.0 Å². The lowest BCUT2D eigenvalue weighted by Gasteiger charge is -2.36. The number of rotatable bonds is 16. The molecule has 119 heavy (non-hydrogen) atoms. The average molecular weight is 1580 g/mol. The smallest absolute Gasteiger partial charge is 0.220 e. The maximum Gasteiger partial charge on any atom is 0.220 e.